The Kier molecular flexibility index (Phi) is 4.21. The van der Waals surface area contributed by atoms with Crippen LogP contribution in [0.25, 0.3) is 0 Å². The van der Waals surface area contributed by atoms with Gasteiger partial charge in [-0.3, -0.25) is 0 Å². The molecule has 4 heteroatoms. The van der Waals surface area contributed by atoms with Crippen LogP contribution in [-0.2, 0) is 14.0 Å². The molecule has 0 aromatic heterocycles. The molecule has 0 N–H and O–H groups in total. The van der Waals surface area contributed by atoms with Gasteiger partial charge in [0.2, 0.25) is 0 Å². The second-order valence-corrected chi connectivity index (χ2v) is 5.30. The molecule has 0 amide bonds. The number of hydrogen-bond acceptors (Lipinski definition) is 3. The van der Waals surface area contributed by atoms with E-state index in [9.17, 15) is 0 Å². The van der Waals surface area contributed by atoms with Gasteiger partial charge in [-0.05, 0) is 39.6 Å². The van der Waals surface area contributed by atoms with Gasteiger partial charge in [-0.25, -0.2) is 0 Å². The quantitative estimate of drug-likeness (QED) is 0.532. The molecule has 16 heavy (non-hydrogen) atoms. The van der Waals surface area contributed by atoms with Crippen molar-refractivity contribution in [3.05, 3.63) is 12.1 Å². The second kappa shape index (κ2) is 4.90. The van der Waals surface area contributed by atoms with E-state index >= 15 is 0 Å². The summed E-state index contributed by atoms with van der Waals surface area (Å²) in [6.45, 7) is 15.4. The van der Waals surface area contributed by atoms with Crippen molar-refractivity contribution in [3.63, 3.8) is 0 Å². The topological polar surface area (TPSA) is 27.7 Å². The van der Waals surface area contributed by atoms with Crippen molar-refractivity contribution in [2.45, 2.75) is 52.2 Å². The van der Waals surface area contributed by atoms with Gasteiger partial charge in [-0.15, -0.1) is 6.58 Å². The summed E-state index contributed by atoms with van der Waals surface area (Å²) < 4.78 is 17.1. The minimum atomic E-state index is -0.346. The summed E-state index contributed by atoms with van der Waals surface area (Å²) in [6, 6.07) is 0. The average molecular weight is 226 g/mol. The van der Waals surface area contributed by atoms with Gasteiger partial charge >= 0.3 is 7.12 Å². The minimum Gasteiger partial charge on any atom is -0.400 e. The van der Waals surface area contributed by atoms with E-state index in [2.05, 4.69) is 13.5 Å². The Labute approximate surface area is 99.3 Å². The molecule has 0 bridgehead atoms. The van der Waals surface area contributed by atoms with Crippen LogP contribution in [0.3, 0.4) is 0 Å². The van der Waals surface area contributed by atoms with E-state index in [1.807, 2.05) is 27.7 Å². The number of rotatable bonds is 5. The molecule has 1 rings (SSSR count). The third-order valence-corrected chi connectivity index (χ3v) is 3.22. The summed E-state index contributed by atoms with van der Waals surface area (Å²) in [5.74, 6) is 0. The van der Waals surface area contributed by atoms with Crippen LogP contribution >= 0.6 is 0 Å². The molecule has 0 saturated carbocycles. The van der Waals surface area contributed by atoms with Crippen molar-refractivity contribution < 1.29 is 14.0 Å². The van der Waals surface area contributed by atoms with Crippen molar-refractivity contribution in [1.82, 2.24) is 0 Å². The van der Waals surface area contributed by atoms with Crippen LogP contribution in [0, 0.1) is 0 Å². The van der Waals surface area contributed by atoms with Gasteiger partial charge in [-0.1, -0.05) is 6.92 Å². The van der Waals surface area contributed by atoms with E-state index in [1.165, 1.54) is 0 Å². The molecule has 1 saturated heterocycles. The minimum absolute atomic E-state index is 0.300. The second-order valence-electron chi connectivity index (χ2n) is 5.30. The first-order chi connectivity index (χ1) is 7.30. The standard InChI is InChI=1S/C12H23BO3/c1-7-8-14-9-10(2)13-15-11(3,4)12(5,6)16-13/h2,7-9H2,1,3-6H3. The Hall–Kier alpha value is -0.315. The van der Waals surface area contributed by atoms with Crippen molar-refractivity contribution in [3.8, 4) is 0 Å². The van der Waals surface area contributed by atoms with Crippen LogP contribution in [0.1, 0.15) is 41.0 Å². The van der Waals surface area contributed by atoms with Crippen LogP contribution in [0.15, 0.2) is 12.1 Å². The van der Waals surface area contributed by atoms with Gasteiger partial charge in [-0.2, -0.15) is 0 Å². The lowest BCUT2D eigenvalue weighted by Crippen LogP contribution is -2.41. The van der Waals surface area contributed by atoms with Crippen LogP contribution < -0.4 is 0 Å². The summed E-state index contributed by atoms with van der Waals surface area (Å²) in [4.78, 5) is 0. The highest BCUT2D eigenvalue weighted by Crippen LogP contribution is 2.38. The predicted octanol–water partition coefficient (Wildman–Crippen LogP) is 2.60. The maximum atomic E-state index is 5.85. The zero-order valence-corrected chi connectivity index (χ0v) is 11.1. The lowest BCUT2D eigenvalue weighted by Gasteiger charge is -2.32. The Morgan fingerprint density at radius 3 is 2.12 bits per heavy atom. The normalized spacial score (nSPS) is 22.4. The predicted molar refractivity (Wildman–Crippen MR) is 66.3 cm³/mol. The fraction of sp³-hybridized carbons (Fsp3) is 0.833. The molecule has 1 heterocycles. The highest BCUT2D eigenvalue weighted by atomic mass is 16.7. The fourth-order valence-electron chi connectivity index (χ4n) is 1.43. The molecular formula is C12H23BO3. The van der Waals surface area contributed by atoms with Crippen LogP contribution in [0.2, 0.25) is 0 Å². The van der Waals surface area contributed by atoms with Crippen molar-refractivity contribution in [1.29, 1.82) is 0 Å². The first kappa shape index (κ1) is 13.7. The SMILES string of the molecule is C=C(COCCC)B1OC(C)(C)C(C)(C)O1. The van der Waals surface area contributed by atoms with Gasteiger partial charge < -0.3 is 14.0 Å². The average Bonchev–Trinajstić information content (AvgIpc) is 2.36. The van der Waals surface area contributed by atoms with Crippen LogP contribution in [0.4, 0.5) is 0 Å². The van der Waals surface area contributed by atoms with E-state index in [0.717, 1.165) is 18.5 Å². The Balaban J connectivity index is 2.49. The summed E-state index contributed by atoms with van der Waals surface area (Å²) in [7, 11) is -0.346. The van der Waals surface area contributed by atoms with E-state index < -0.39 is 0 Å². The maximum Gasteiger partial charge on any atom is 0.492 e. The zero-order chi connectivity index (χ0) is 12.4. The highest BCUT2D eigenvalue weighted by Gasteiger charge is 2.51. The molecule has 0 aliphatic carbocycles. The summed E-state index contributed by atoms with van der Waals surface area (Å²) in [6.07, 6.45) is 1.01. The van der Waals surface area contributed by atoms with Gasteiger partial charge in [0.1, 0.15) is 0 Å². The summed E-state index contributed by atoms with van der Waals surface area (Å²) in [5.41, 5.74) is 0.253. The molecule has 0 aromatic carbocycles. The Morgan fingerprint density at radius 2 is 1.69 bits per heavy atom. The lowest BCUT2D eigenvalue weighted by atomic mass is 9.80. The molecular weight excluding hydrogens is 203 g/mol. The van der Waals surface area contributed by atoms with Crippen LogP contribution in [-0.4, -0.2) is 31.5 Å². The van der Waals surface area contributed by atoms with Gasteiger partial charge in [0.05, 0.1) is 17.8 Å². The molecule has 0 atom stereocenters. The van der Waals surface area contributed by atoms with Crippen LogP contribution in [0.5, 0.6) is 0 Å². The third-order valence-electron chi connectivity index (χ3n) is 3.22. The molecule has 0 unspecified atom stereocenters. The van der Waals surface area contributed by atoms with E-state index in [1.54, 1.807) is 0 Å². The first-order valence-corrected chi connectivity index (χ1v) is 5.91. The maximum absolute atomic E-state index is 5.85. The van der Waals surface area contributed by atoms with Crippen molar-refractivity contribution >= 4 is 7.12 Å². The van der Waals surface area contributed by atoms with Crippen molar-refractivity contribution in [2.24, 2.45) is 0 Å². The first-order valence-electron chi connectivity index (χ1n) is 5.91. The molecule has 1 aliphatic rings. The van der Waals surface area contributed by atoms with Gasteiger partial charge in [0.25, 0.3) is 0 Å². The third kappa shape index (κ3) is 2.87. The smallest absolute Gasteiger partial charge is 0.400 e. The van der Waals surface area contributed by atoms with E-state index in [0.29, 0.717) is 6.61 Å². The Morgan fingerprint density at radius 1 is 1.19 bits per heavy atom. The molecule has 0 spiro atoms. The van der Waals surface area contributed by atoms with Gasteiger partial charge in [0, 0.05) is 6.61 Å². The molecule has 3 nitrogen and oxygen atoms in total. The van der Waals surface area contributed by atoms with E-state index in [-0.39, 0.29) is 18.3 Å². The monoisotopic (exact) mass is 226 g/mol. The van der Waals surface area contributed by atoms with Gasteiger partial charge in [0.15, 0.2) is 0 Å². The highest BCUT2D eigenvalue weighted by molar-refractivity contribution is 6.54. The molecule has 0 aromatic rings. The summed E-state index contributed by atoms with van der Waals surface area (Å²) in [5, 5.41) is 0. The molecule has 92 valence electrons. The zero-order valence-electron chi connectivity index (χ0n) is 11.1. The number of ether oxygens (including phenoxy) is 1. The molecule has 0 radical (unpaired) electrons. The summed E-state index contributed by atoms with van der Waals surface area (Å²) >= 11 is 0. The largest absolute Gasteiger partial charge is 0.492 e. The van der Waals surface area contributed by atoms with E-state index in [4.69, 9.17) is 14.0 Å². The number of hydrogen-bond donors (Lipinski definition) is 0. The lowest BCUT2D eigenvalue weighted by molar-refractivity contribution is 0.00578. The Bertz CT molecular complexity index is 245. The van der Waals surface area contributed by atoms with Crippen molar-refractivity contribution in [2.75, 3.05) is 13.2 Å². The molecule has 1 fully saturated rings. The molecule has 1 aliphatic heterocycles. The fourth-order valence-corrected chi connectivity index (χ4v) is 1.43.